The van der Waals surface area contributed by atoms with Crippen molar-refractivity contribution in [2.45, 2.75) is 26.8 Å². The summed E-state index contributed by atoms with van der Waals surface area (Å²) in [5, 5.41) is 8.90. The molecule has 0 spiro atoms. The van der Waals surface area contributed by atoms with E-state index < -0.39 is 0 Å². The molecule has 3 nitrogen and oxygen atoms in total. The zero-order valence-corrected chi connectivity index (χ0v) is 12.7. The number of benzene rings is 1. The highest BCUT2D eigenvalue weighted by Gasteiger charge is 2.30. The van der Waals surface area contributed by atoms with Crippen molar-refractivity contribution in [2.24, 2.45) is 5.41 Å². The van der Waals surface area contributed by atoms with E-state index in [2.05, 4.69) is 31.8 Å². The zero-order valence-electron chi connectivity index (χ0n) is 12.7. The minimum Gasteiger partial charge on any atom is -0.343 e. The van der Waals surface area contributed by atoms with Crippen molar-refractivity contribution in [1.82, 2.24) is 4.57 Å². The number of carbonyl (C=O) groups is 1. The summed E-state index contributed by atoms with van der Waals surface area (Å²) in [5.41, 5.74) is 2.97. The molecule has 3 rings (SSSR count). The number of rotatable bonds is 0. The molecule has 0 aliphatic carbocycles. The fourth-order valence-corrected chi connectivity index (χ4v) is 2.80. The molecular formula is C19H16N2O. The number of aromatic nitrogens is 1. The Morgan fingerprint density at radius 3 is 2.64 bits per heavy atom. The Labute approximate surface area is 130 Å². The summed E-state index contributed by atoms with van der Waals surface area (Å²) in [7, 11) is 0. The maximum Gasteiger partial charge on any atom is 0.179 e. The number of nitrogens with zero attached hydrogens (tertiary/aromatic N) is 2. The molecule has 2 aromatic rings. The second-order valence-corrected chi connectivity index (χ2v) is 6.45. The second kappa shape index (κ2) is 5.20. The van der Waals surface area contributed by atoms with Crippen LogP contribution in [0.2, 0.25) is 0 Å². The van der Waals surface area contributed by atoms with Crippen LogP contribution in [0.3, 0.4) is 0 Å². The SMILES string of the molecule is CC1(C)CC(=O)c2cc(C#Cc3cccc(C#N)c3)cn2C1. The van der Waals surface area contributed by atoms with Crippen molar-refractivity contribution in [1.29, 1.82) is 5.26 Å². The first-order valence-electron chi connectivity index (χ1n) is 7.22. The average Bonchev–Trinajstić information content (AvgIpc) is 2.87. The lowest BCUT2D eigenvalue weighted by molar-refractivity contribution is 0.0870. The van der Waals surface area contributed by atoms with Gasteiger partial charge in [-0.3, -0.25) is 4.79 Å². The van der Waals surface area contributed by atoms with Gasteiger partial charge in [0.15, 0.2) is 5.78 Å². The van der Waals surface area contributed by atoms with Gasteiger partial charge < -0.3 is 4.57 Å². The molecule has 0 saturated carbocycles. The predicted octanol–water partition coefficient (Wildman–Crippen LogP) is 3.37. The first kappa shape index (κ1) is 14.2. The molecule has 0 atom stereocenters. The number of fused-ring (bicyclic) bond motifs is 1. The fraction of sp³-hybridized carbons (Fsp3) is 0.263. The summed E-state index contributed by atoms with van der Waals surface area (Å²) in [4.78, 5) is 12.2. The van der Waals surface area contributed by atoms with Gasteiger partial charge >= 0.3 is 0 Å². The summed E-state index contributed by atoms with van der Waals surface area (Å²) in [6, 6.07) is 11.2. The van der Waals surface area contributed by atoms with Crippen molar-refractivity contribution in [3.05, 3.63) is 58.9 Å². The second-order valence-electron chi connectivity index (χ2n) is 6.45. The van der Waals surface area contributed by atoms with E-state index in [0.717, 1.165) is 23.4 Å². The van der Waals surface area contributed by atoms with Gasteiger partial charge in [0, 0.05) is 30.3 Å². The van der Waals surface area contributed by atoms with Gasteiger partial charge in [-0.05, 0) is 29.7 Å². The summed E-state index contributed by atoms with van der Waals surface area (Å²) < 4.78 is 2.00. The highest BCUT2D eigenvalue weighted by Crippen LogP contribution is 2.31. The van der Waals surface area contributed by atoms with Crippen LogP contribution in [0.15, 0.2) is 36.5 Å². The molecule has 0 N–H and O–H groups in total. The van der Waals surface area contributed by atoms with Crippen molar-refractivity contribution in [3.63, 3.8) is 0 Å². The number of hydrogen-bond acceptors (Lipinski definition) is 2. The fourth-order valence-electron chi connectivity index (χ4n) is 2.80. The maximum atomic E-state index is 12.2. The van der Waals surface area contributed by atoms with E-state index in [1.807, 2.05) is 29.0 Å². The van der Waals surface area contributed by atoms with Crippen molar-refractivity contribution >= 4 is 5.78 Å². The standard InChI is InChI=1S/C19H16N2O/c1-19(2)10-18(22)17-9-16(12-21(17)13-19)7-6-14-4-3-5-15(8-14)11-20/h3-5,8-9,12H,10,13H2,1-2H3. The topological polar surface area (TPSA) is 45.8 Å². The van der Waals surface area contributed by atoms with E-state index in [1.54, 1.807) is 12.1 Å². The van der Waals surface area contributed by atoms with Gasteiger partial charge in [-0.1, -0.05) is 31.8 Å². The number of hydrogen-bond donors (Lipinski definition) is 0. The molecule has 3 heteroatoms. The normalized spacial score (nSPS) is 15.4. The van der Waals surface area contributed by atoms with Crippen LogP contribution in [0.5, 0.6) is 0 Å². The Bertz CT molecular complexity index is 854. The molecular weight excluding hydrogens is 272 g/mol. The molecule has 108 valence electrons. The van der Waals surface area contributed by atoms with Crippen LogP contribution in [0, 0.1) is 28.6 Å². The van der Waals surface area contributed by atoms with Gasteiger partial charge in [-0.25, -0.2) is 0 Å². The Hall–Kier alpha value is -2.78. The van der Waals surface area contributed by atoms with E-state index in [9.17, 15) is 4.79 Å². The van der Waals surface area contributed by atoms with Gasteiger partial charge in [0.1, 0.15) is 0 Å². The lowest BCUT2D eigenvalue weighted by Gasteiger charge is -2.30. The predicted molar refractivity (Wildman–Crippen MR) is 84.3 cm³/mol. The quantitative estimate of drug-likeness (QED) is 0.698. The van der Waals surface area contributed by atoms with Crippen LogP contribution < -0.4 is 0 Å². The smallest absolute Gasteiger partial charge is 0.179 e. The van der Waals surface area contributed by atoms with Crippen LogP contribution in [0.25, 0.3) is 0 Å². The van der Waals surface area contributed by atoms with E-state index >= 15 is 0 Å². The van der Waals surface area contributed by atoms with Gasteiger partial charge in [0.2, 0.25) is 0 Å². The van der Waals surface area contributed by atoms with Crippen molar-refractivity contribution in [3.8, 4) is 17.9 Å². The minimum atomic E-state index is -0.00503. The molecule has 0 unspecified atom stereocenters. The van der Waals surface area contributed by atoms with Crippen LogP contribution >= 0.6 is 0 Å². The molecule has 0 bridgehead atoms. The van der Waals surface area contributed by atoms with Gasteiger partial charge in [-0.15, -0.1) is 0 Å². The third-order valence-electron chi connectivity index (χ3n) is 3.76. The van der Waals surface area contributed by atoms with E-state index in [0.29, 0.717) is 12.0 Å². The van der Waals surface area contributed by atoms with Crippen molar-refractivity contribution < 1.29 is 4.79 Å². The molecule has 1 aliphatic rings. The van der Waals surface area contributed by atoms with E-state index in [-0.39, 0.29) is 11.2 Å². The van der Waals surface area contributed by atoms with Crippen LogP contribution in [0.1, 0.15) is 47.4 Å². The summed E-state index contributed by atoms with van der Waals surface area (Å²) in [6.07, 6.45) is 2.52. The Morgan fingerprint density at radius 2 is 1.86 bits per heavy atom. The summed E-state index contributed by atoms with van der Waals surface area (Å²) >= 11 is 0. The monoisotopic (exact) mass is 288 g/mol. The van der Waals surface area contributed by atoms with Crippen LogP contribution in [-0.4, -0.2) is 10.4 Å². The number of carbonyl (C=O) groups excluding carboxylic acids is 1. The molecule has 22 heavy (non-hydrogen) atoms. The van der Waals surface area contributed by atoms with Gasteiger partial charge in [0.05, 0.1) is 17.3 Å². The first-order valence-corrected chi connectivity index (χ1v) is 7.22. The van der Waals surface area contributed by atoms with Crippen LogP contribution in [-0.2, 0) is 6.54 Å². The number of Topliss-reactive ketones (excluding diaryl/α,β-unsaturated/α-hetero) is 1. The summed E-state index contributed by atoms with van der Waals surface area (Å²) in [5.74, 6) is 6.32. The molecule has 1 aromatic carbocycles. The lowest BCUT2D eigenvalue weighted by Crippen LogP contribution is -2.30. The third-order valence-corrected chi connectivity index (χ3v) is 3.76. The molecule has 2 heterocycles. The molecule has 1 aliphatic heterocycles. The van der Waals surface area contributed by atoms with Gasteiger partial charge in [0.25, 0.3) is 0 Å². The molecule has 0 radical (unpaired) electrons. The van der Waals surface area contributed by atoms with Gasteiger partial charge in [-0.2, -0.15) is 5.26 Å². The Morgan fingerprint density at radius 1 is 1.14 bits per heavy atom. The Balaban J connectivity index is 1.91. The van der Waals surface area contributed by atoms with Crippen molar-refractivity contribution in [2.75, 3.05) is 0 Å². The molecule has 0 amide bonds. The van der Waals surface area contributed by atoms with E-state index in [1.165, 1.54) is 0 Å². The minimum absolute atomic E-state index is 0.00503. The Kier molecular flexibility index (Phi) is 3.35. The molecule has 0 saturated heterocycles. The first-order chi connectivity index (χ1) is 10.5. The lowest BCUT2D eigenvalue weighted by atomic mass is 9.84. The average molecular weight is 288 g/mol. The highest BCUT2D eigenvalue weighted by atomic mass is 16.1. The number of nitriles is 1. The van der Waals surface area contributed by atoms with Crippen LogP contribution in [0.4, 0.5) is 0 Å². The highest BCUT2D eigenvalue weighted by molar-refractivity contribution is 5.96. The molecule has 0 fully saturated rings. The maximum absolute atomic E-state index is 12.2. The zero-order chi connectivity index (χ0) is 15.7. The number of ketones is 1. The largest absolute Gasteiger partial charge is 0.343 e. The third kappa shape index (κ3) is 2.80. The summed E-state index contributed by atoms with van der Waals surface area (Å²) in [6.45, 7) is 5.04. The van der Waals surface area contributed by atoms with E-state index in [4.69, 9.17) is 5.26 Å². The molecule has 1 aromatic heterocycles.